The van der Waals surface area contributed by atoms with Gasteiger partial charge in [0.25, 0.3) is 0 Å². The van der Waals surface area contributed by atoms with Gasteiger partial charge >= 0.3 is 0 Å². The van der Waals surface area contributed by atoms with E-state index >= 15 is 0 Å². The van der Waals surface area contributed by atoms with Crippen molar-refractivity contribution in [3.8, 4) is 0 Å². The summed E-state index contributed by atoms with van der Waals surface area (Å²) in [5.41, 5.74) is 0.954. The highest BCUT2D eigenvalue weighted by Gasteiger charge is 2.18. The molecule has 1 atom stereocenters. The Bertz CT molecular complexity index is 219. The molecule has 0 bridgehead atoms. The van der Waals surface area contributed by atoms with E-state index in [1.165, 1.54) is 0 Å². The molecule has 1 aliphatic heterocycles. The van der Waals surface area contributed by atoms with Gasteiger partial charge < -0.3 is 9.67 Å². The van der Waals surface area contributed by atoms with Crippen LogP contribution >= 0.6 is 0 Å². The Balaban J connectivity index is 2.49. The van der Waals surface area contributed by atoms with E-state index in [9.17, 15) is 5.11 Å². The van der Waals surface area contributed by atoms with Gasteiger partial charge in [0.1, 0.15) is 0 Å². The van der Waals surface area contributed by atoms with Crippen LogP contribution in [-0.4, -0.2) is 14.7 Å². The first-order chi connectivity index (χ1) is 4.38. The minimum absolute atomic E-state index is 0.271. The van der Waals surface area contributed by atoms with Gasteiger partial charge in [-0.1, -0.05) is 0 Å². The van der Waals surface area contributed by atoms with E-state index in [0.717, 1.165) is 18.7 Å². The predicted octanol–water partition coefficient (Wildman–Crippen LogP) is 0.320. The van der Waals surface area contributed by atoms with Gasteiger partial charge in [0.15, 0.2) is 0 Å². The SMILES string of the molecule is O[C@H]1CCn2cncc21. The van der Waals surface area contributed by atoms with Gasteiger partial charge in [0.05, 0.1) is 24.3 Å². The molecular weight excluding hydrogens is 116 g/mol. The van der Waals surface area contributed by atoms with E-state index in [-0.39, 0.29) is 6.10 Å². The van der Waals surface area contributed by atoms with Crippen molar-refractivity contribution in [3.63, 3.8) is 0 Å². The highest BCUT2D eigenvalue weighted by Crippen LogP contribution is 2.23. The van der Waals surface area contributed by atoms with Gasteiger partial charge in [-0.2, -0.15) is 0 Å². The largest absolute Gasteiger partial charge is 0.387 e. The number of aryl methyl sites for hydroxylation is 1. The van der Waals surface area contributed by atoms with E-state index in [1.807, 2.05) is 4.57 Å². The van der Waals surface area contributed by atoms with E-state index < -0.39 is 0 Å². The van der Waals surface area contributed by atoms with Gasteiger partial charge in [-0.05, 0) is 6.42 Å². The number of aliphatic hydroxyl groups is 1. The number of hydrogen-bond donors (Lipinski definition) is 1. The summed E-state index contributed by atoms with van der Waals surface area (Å²) in [7, 11) is 0. The average molecular weight is 124 g/mol. The number of aliphatic hydroxyl groups excluding tert-OH is 1. The van der Waals surface area contributed by atoms with Crippen molar-refractivity contribution in [2.45, 2.75) is 19.1 Å². The van der Waals surface area contributed by atoms with Crippen molar-refractivity contribution in [2.24, 2.45) is 0 Å². The lowest BCUT2D eigenvalue weighted by Gasteiger charge is -1.94. The normalized spacial score (nSPS) is 24.3. The molecule has 2 rings (SSSR count). The van der Waals surface area contributed by atoms with Crippen LogP contribution in [0.15, 0.2) is 12.5 Å². The van der Waals surface area contributed by atoms with E-state index in [2.05, 4.69) is 4.98 Å². The molecule has 0 saturated carbocycles. The standard InChI is InChI=1S/C6H8N2O/c9-6-1-2-8-4-7-3-5(6)8/h3-4,6,9H,1-2H2/t6-/m0/s1. The number of fused-ring (bicyclic) bond motifs is 1. The van der Waals surface area contributed by atoms with Crippen molar-refractivity contribution >= 4 is 0 Å². The Morgan fingerprint density at radius 2 is 2.67 bits per heavy atom. The summed E-state index contributed by atoms with van der Waals surface area (Å²) in [6.45, 7) is 0.913. The second kappa shape index (κ2) is 1.57. The Morgan fingerprint density at radius 1 is 1.78 bits per heavy atom. The highest BCUT2D eigenvalue weighted by molar-refractivity contribution is 5.06. The fourth-order valence-corrected chi connectivity index (χ4v) is 1.20. The lowest BCUT2D eigenvalue weighted by Crippen LogP contribution is -1.89. The van der Waals surface area contributed by atoms with Crippen LogP contribution < -0.4 is 0 Å². The van der Waals surface area contributed by atoms with Gasteiger partial charge in [-0.3, -0.25) is 0 Å². The molecule has 1 N–H and O–H groups in total. The fraction of sp³-hybridized carbons (Fsp3) is 0.500. The van der Waals surface area contributed by atoms with Gasteiger partial charge in [-0.15, -0.1) is 0 Å². The second-order valence-corrected chi connectivity index (χ2v) is 2.32. The lowest BCUT2D eigenvalue weighted by atomic mass is 10.2. The fourth-order valence-electron chi connectivity index (χ4n) is 1.20. The third-order valence-electron chi connectivity index (χ3n) is 1.73. The molecule has 1 aliphatic rings. The minimum Gasteiger partial charge on any atom is -0.387 e. The molecule has 1 aromatic rings. The zero-order chi connectivity index (χ0) is 6.27. The summed E-state index contributed by atoms with van der Waals surface area (Å²) in [6.07, 6.45) is 4.05. The molecule has 3 nitrogen and oxygen atoms in total. The number of hydrogen-bond acceptors (Lipinski definition) is 2. The molecule has 0 spiro atoms. The summed E-state index contributed by atoms with van der Waals surface area (Å²) >= 11 is 0. The third kappa shape index (κ3) is 0.580. The smallest absolute Gasteiger partial charge is 0.0972 e. The molecule has 1 aromatic heterocycles. The van der Waals surface area contributed by atoms with Crippen molar-refractivity contribution in [3.05, 3.63) is 18.2 Å². The Kier molecular flexibility index (Phi) is 0.873. The van der Waals surface area contributed by atoms with Crippen molar-refractivity contribution < 1.29 is 5.11 Å². The molecule has 0 aromatic carbocycles. The monoisotopic (exact) mass is 124 g/mol. The minimum atomic E-state index is -0.271. The van der Waals surface area contributed by atoms with E-state index in [1.54, 1.807) is 12.5 Å². The topological polar surface area (TPSA) is 38.0 Å². The molecule has 9 heavy (non-hydrogen) atoms. The Labute approximate surface area is 53.0 Å². The first-order valence-electron chi connectivity index (χ1n) is 3.06. The van der Waals surface area contributed by atoms with Crippen LogP contribution in [0.1, 0.15) is 18.2 Å². The molecule has 0 unspecified atom stereocenters. The van der Waals surface area contributed by atoms with Crippen molar-refractivity contribution in [1.29, 1.82) is 0 Å². The third-order valence-corrected chi connectivity index (χ3v) is 1.73. The Hall–Kier alpha value is -0.830. The number of rotatable bonds is 0. The van der Waals surface area contributed by atoms with Crippen LogP contribution in [-0.2, 0) is 6.54 Å². The first-order valence-corrected chi connectivity index (χ1v) is 3.06. The maximum Gasteiger partial charge on any atom is 0.0972 e. The summed E-state index contributed by atoms with van der Waals surface area (Å²) in [5.74, 6) is 0. The van der Waals surface area contributed by atoms with Crippen molar-refractivity contribution in [2.75, 3.05) is 0 Å². The van der Waals surface area contributed by atoms with E-state index in [4.69, 9.17) is 0 Å². The zero-order valence-corrected chi connectivity index (χ0v) is 4.99. The molecular formula is C6H8N2O. The average Bonchev–Trinajstić information content (AvgIpc) is 2.35. The molecule has 3 heteroatoms. The van der Waals surface area contributed by atoms with Gasteiger partial charge in [0.2, 0.25) is 0 Å². The predicted molar refractivity (Wildman–Crippen MR) is 31.8 cm³/mol. The molecule has 0 amide bonds. The molecule has 0 radical (unpaired) electrons. The quantitative estimate of drug-likeness (QED) is 0.541. The van der Waals surface area contributed by atoms with Crippen LogP contribution in [0, 0.1) is 0 Å². The number of aromatic nitrogens is 2. The maximum atomic E-state index is 9.21. The van der Waals surface area contributed by atoms with E-state index in [0.29, 0.717) is 0 Å². The van der Waals surface area contributed by atoms with Crippen LogP contribution in [0.2, 0.25) is 0 Å². The molecule has 0 saturated heterocycles. The summed E-state index contributed by atoms with van der Waals surface area (Å²) < 4.78 is 1.98. The molecule has 0 fully saturated rings. The maximum absolute atomic E-state index is 9.21. The molecule has 48 valence electrons. The number of nitrogens with zero attached hydrogens (tertiary/aromatic N) is 2. The highest BCUT2D eigenvalue weighted by atomic mass is 16.3. The second-order valence-electron chi connectivity index (χ2n) is 2.32. The lowest BCUT2D eigenvalue weighted by molar-refractivity contribution is 0.179. The Morgan fingerprint density at radius 3 is 3.44 bits per heavy atom. The van der Waals surface area contributed by atoms with Crippen LogP contribution in [0.4, 0.5) is 0 Å². The van der Waals surface area contributed by atoms with Crippen LogP contribution in [0.3, 0.4) is 0 Å². The van der Waals surface area contributed by atoms with Gasteiger partial charge in [-0.25, -0.2) is 4.98 Å². The summed E-state index contributed by atoms with van der Waals surface area (Å²) in [6, 6.07) is 0. The number of imidazole rings is 1. The molecule has 0 aliphatic carbocycles. The summed E-state index contributed by atoms with van der Waals surface area (Å²) in [5, 5.41) is 9.21. The zero-order valence-electron chi connectivity index (χ0n) is 4.99. The summed E-state index contributed by atoms with van der Waals surface area (Å²) in [4.78, 5) is 3.90. The van der Waals surface area contributed by atoms with Crippen LogP contribution in [0.25, 0.3) is 0 Å². The first kappa shape index (κ1) is 4.99. The van der Waals surface area contributed by atoms with Crippen molar-refractivity contribution in [1.82, 2.24) is 9.55 Å². The van der Waals surface area contributed by atoms with Gasteiger partial charge in [0, 0.05) is 6.54 Å². The van der Waals surface area contributed by atoms with Crippen LogP contribution in [0.5, 0.6) is 0 Å². The molecule has 2 heterocycles.